The fraction of sp³-hybridized carbons (Fsp3) is 0. The molecular formula is C15H8Br2N2O. The summed E-state index contributed by atoms with van der Waals surface area (Å²) in [4.78, 5) is 21.1. The molecule has 0 amide bonds. The van der Waals surface area contributed by atoms with Crippen LogP contribution in [0.4, 0.5) is 0 Å². The van der Waals surface area contributed by atoms with Crippen LogP contribution in [0.15, 0.2) is 57.7 Å². The van der Waals surface area contributed by atoms with E-state index in [0.29, 0.717) is 21.2 Å². The van der Waals surface area contributed by atoms with E-state index < -0.39 is 0 Å². The Bertz CT molecular complexity index is 813. The summed E-state index contributed by atoms with van der Waals surface area (Å²) in [5, 5.41) is 0.937. The van der Waals surface area contributed by atoms with Crippen LogP contribution in [-0.2, 0) is 0 Å². The van der Waals surface area contributed by atoms with Crippen LogP contribution in [0.1, 0.15) is 16.1 Å². The molecule has 0 unspecified atom stereocenters. The Morgan fingerprint density at radius 3 is 2.65 bits per heavy atom. The number of benzene rings is 1. The Morgan fingerprint density at radius 2 is 1.85 bits per heavy atom. The molecule has 5 heteroatoms. The molecule has 2 heterocycles. The van der Waals surface area contributed by atoms with Crippen molar-refractivity contribution in [3.63, 3.8) is 0 Å². The van der Waals surface area contributed by atoms with Crippen LogP contribution in [-0.4, -0.2) is 15.8 Å². The molecule has 0 radical (unpaired) electrons. The van der Waals surface area contributed by atoms with Gasteiger partial charge in [0.05, 0.1) is 11.1 Å². The molecule has 3 nitrogen and oxygen atoms in total. The van der Waals surface area contributed by atoms with Crippen LogP contribution >= 0.6 is 31.9 Å². The van der Waals surface area contributed by atoms with E-state index in [1.807, 2.05) is 24.3 Å². The second kappa shape index (κ2) is 5.42. The van der Waals surface area contributed by atoms with Gasteiger partial charge >= 0.3 is 0 Å². The molecule has 0 fully saturated rings. The van der Waals surface area contributed by atoms with Gasteiger partial charge < -0.3 is 0 Å². The standard InChI is InChI=1S/C15H8Br2N2O/c16-10-7-12(17)14(19-8-10)15(20)11-5-1-3-9-4-2-6-18-13(9)11/h1-8H. The van der Waals surface area contributed by atoms with Gasteiger partial charge in [-0.1, -0.05) is 18.2 Å². The lowest BCUT2D eigenvalue weighted by Gasteiger charge is -2.06. The fourth-order valence-corrected chi connectivity index (χ4v) is 3.16. The van der Waals surface area contributed by atoms with Crippen LogP contribution in [0, 0.1) is 0 Å². The molecule has 3 rings (SSSR count). The minimum Gasteiger partial charge on any atom is -0.287 e. The number of carbonyl (C=O) groups is 1. The number of carbonyl (C=O) groups excluding carboxylic acids is 1. The minimum absolute atomic E-state index is 0.145. The summed E-state index contributed by atoms with van der Waals surface area (Å²) in [6.45, 7) is 0. The van der Waals surface area contributed by atoms with Gasteiger partial charge in [-0.2, -0.15) is 0 Å². The lowest BCUT2D eigenvalue weighted by molar-refractivity contribution is 0.103. The zero-order chi connectivity index (χ0) is 14.1. The van der Waals surface area contributed by atoms with Crippen molar-refractivity contribution >= 4 is 48.5 Å². The van der Waals surface area contributed by atoms with Crippen molar-refractivity contribution in [2.75, 3.05) is 0 Å². The zero-order valence-corrected chi connectivity index (χ0v) is 13.3. The molecule has 0 bridgehead atoms. The molecule has 0 spiro atoms. The predicted molar refractivity (Wildman–Crippen MR) is 84.8 cm³/mol. The summed E-state index contributed by atoms with van der Waals surface area (Å²) in [5.41, 5.74) is 1.63. The summed E-state index contributed by atoms with van der Waals surface area (Å²) < 4.78 is 1.47. The lowest BCUT2D eigenvalue weighted by atomic mass is 10.0. The molecule has 0 N–H and O–H groups in total. The molecule has 0 aliphatic rings. The van der Waals surface area contributed by atoms with Gasteiger partial charge in [0.25, 0.3) is 0 Å². The third-order valence-corrected chi connectivity index (χ3v) is 3.94. The quantitative estimate of drug-likeness (QED) is 0.608. The van der Waals surface area contributed by atoms with E-state index in [1.165, 1.54) is 0 Å². The summed E-state index contributed by atoms with van der Waals surface area (Å²) >= 11 is 6.70. The molecule has 0 saturated heterocycles. The second-order valence-corrected chi connectivity index (χ2v) is 5.96. The van der Waals surface area contributed by atoms with Gasteiger partial charge in [0.2, 0.25) is 5.78 Å². The molecule has 1 aromatic carbocycles. The number of hydrogen-bond donors (Lipinski definition) is 0. The Morgan fingerprint density at radius 1 is 1.05 bits per heavy atom. The third-order valence-electron chi connectivity index (χ3n) is 2.90. The van der Waals surface area contributed by atoms with Gasteiger partial charge in [0.15, 0.2) is 0 Å². The second-order valence-electron chi connectivity index (χ2n) is 4.19. The first-order chi connectivity index (χ1) is 9.66. The Hall–Kier alpha value is -1.59. The van der Waals surface area contributed by atoms with Crippen LogP contribution in [0.5, 0.6) is 0 Å². The van der Waals surface area contributed by atoms with Gasteiger partial charge in [0, 0.05) is 26.7 Å². The number of halogens is 2. The topological polar surface area (TPSA) is 42.9 Å². The maximum Gasteiger partial charge on any atom is 0.214 e. The molecule has 3 aromatic rings. The van der Waals surface area contributed by atoms with Crippen molar-refractivity contribution in [1.82, 2.24) is 9.97 Å². The van der Waals surface area contributed by atoms with E-state index in [4.69, 9.17) is 0 Å². The Labute approximate surface area is 132 Å². The summed E-state index contributed by atoms with van der Waals surface area (Å²) in [5.74, 6) is -0.145. The molecule has 0 atom stereocenters. The van der Waals surface area contributed by atoms with Crippen molar-refractivity contribution in [2.45, 2.75) is 0 Å². The maximum absolute atomic E-state index is 12.6. The average molecular weight is 392 g/mol. The van der Waals surface area contributed by atoms with E-state index >= 15 is 0 Å². The molecule has 98 valence electrons. The van der Waals surface area contributed by atoms with Crippen LogP contribution < -0.4 is 0 Å². The minimum atomic E-state index is -0.145. The smallest absolute Gasteiger partial charge is 0.214 e. The van der Waals surface area contributed by atoms with E-state index in [2.05, 4.69) is 41.8 Å². The Kier molecular flexibility index (Phi) is 3.63. The van der Waals surface area contributed by atoms with Crippen LogP contribution in [0.2, 0.25) is 0 Å². The van der Waals surface area contributed by atoms with Crippen molar-refractivity contribution < 1.29 is 4.79 Å². The highest BCUT2D eigenvalue weighted by Gasteiger charge is 2.17. The first kappa shape index (κ1) is 13.4. The van der Waals surface area contributed by atoms with Crippen molar-refractivity contribution in [1.29, 1.82) is 0 Å². The van der Waals surface area contributed by atoms with Crippen molar-refractivity contribution in [3.8, 4) is 0 Å². The van der Waals surface area contributed by atoms with E-state index in [-0.39, 0.29) is 5.78 Å². The summed E-state index contributed by atoms with van der Waals surface area (Å²) in [6, 6.07) is 11.1. The van der Waals surface area contributed by atoms with Crippen molar-refractivity contribution in [2.24, 2.45) is 0 Å². The normalized spacial score (nSPS) is 10.7. The number of pyridine rings is 2. The predicted octanol–water partition coefficient (Wildman–Crippen LogP) is 4.39. The maximum atomic E-state index is 12.6. The summed E-state index contributed by atoms with van der Waals surface area (Å²) in [6.07, 6.45) is 3.29. The first-order valence-corrected chi connectivity index (χ1v) is 7.45. The largest absolute Gasteiger partial charge is 0.287 e. The molecule has 0 saturated carbocycles. The fourth-order valence-electron chi connectivity index (χ4n) is 2.00. The van der Waals surface area contributed by atoms with Gasteiger partial charge in [-0.3, -0.25) is 14.8 Å². The van der Waals surface area contributed by atoms with Crippen molar-refractivity contribution in [3.05, 3.63) is 69.0 Å². The molecule has 0 aliphatic carbocycles. The Balaban J connectivity index is 2.18. The molecular weight excluding hydrogens is 384 g/mol. The SMILES string of the molecule is O=C(c1ncc(Br)cc1Br)c1cccc2cccnc12. The molecule has 20 heavy (non-hydrogen) atoms. The van der Waals surface area contributed by atoms with Crippen LogP contribution in [0.3, 0.4) is 0 Å². The first-order valence-electron chi connectivity index (χ1n) is 5.86. The monoisotopic (exact) mass is 390 g/mol. The van der Waals surface area contributed by atoms with E-state index in [9.17, 15) is 4.79 Å². The van der Waals surface area contributed by atoms with Gasteiger partial charge in [-0.25, -0.2) is 0 Å². The molecule has 0 aliphatic heterocycles. The number of nitrogens with zero attached hydrogens (tertiary/aromatic N) is 2. The average Bonchev–Trinajstić information content (AvgIpc) is 2.46. The number of para-hydroxylation sites is 1. The lowest BCUT2D eigenvalue weighted by Crippen LogP contribution is -2.06. The van der Waals surface area contributed by atoms with Gasteiger partial charge in [-0.05, 0) is 50.1 Å². The highest BCUT2D eigenvalue weighted by atomic mass is 79.9. The number of aromatic nitrogens is 2. The number of hydrogen-bond acceptors (Lipinski definition) is 3. The highest BCUT2D eigenvalue weighted by molar-refractivity contribution is 9.11. The van der Waals surface area contributed by atoms with E-state index in [1.54, 1.807) is 24.5 Å². The number of fused-ring (bicyclic) bond motifs is 1. The van der Waals surface area contributed by atoms with Gasteiger partial charge in [0.1, 0.15) is 5.69 Å². The summed E-state index contributed by atoms with van der Waals surface area (Å²) in [7, 11) is 0. The van der Waals surface area contributed by atoms with Crippen LogP contribution in [0.25, 0.3) is 10.9 Å². The number of rotatable bonds is 2. The zero-order valence-electron chi connectivity index (χ0n) is 10.2. The molecule has 2 aromatic heterocycles. The van der Waals surface area contributed by atoms with E-state index in [0.717, 1.165) is 9.86 Å². The highest BCUT2D eigenvalue weighted by Crippen LogP contribution is 2.24. The number of ketones is 1. The third kappa shape index (κ3) is 2.39. The van der Waals surface area contributed by atoms with Gasteiger partial charge in [-0.15, -0.1) is 0 Å².